The van der Waals surface area contributed by atoms with Crippen molar-refractivity contribution in [2.24, 2.45) is 0 Å². The van der Waals surface area contributed by atoms with Gasteiger partial charge in [0.2, 0.25) is 0 Å². The third kappa shape index (κ3) is 42.2. The molecule has 1 N–H and O–H groups in total. The molecular weight excluding hydrogens is 713 g/mol. The molecule has 0 rings (SSSR count). The van der Waals surface area contributed by atoms with Crippen LogP contribution in [0.4, 0.5) is 0 Å². The predicted octanol–water partition coefficient (Wildman–Crippen LogP) is 13.0. The molecule has 0 aromatic rings. The van der Waals surface area contributed by atoms with E-state index in [2.05, 4.69) is 26.0 Å². The fraction of sp³-hybridized carbons (Fsp3) is 0.911. The van der Waals surface area contributed by atoms with E-state index in [9.17, 15) is 19.0 Å². The number of likely N-dealkylation sites (N-methyl/N-ethyl adjacent to an activating group) is 1. The van der Waals surface area contributed by atoms with Gasteiger partial charge in [-0.2, -0.15) is 0 Å². The topological polar surface area (TPSA) is 108 Å². The molecule has 0 bridgehead atoms. The molecule has 0 saturated carbocycles. The Morgan fingerprint density at radius 3 is 1.40 bits per heavy atom. The van der Waals surface area contributed by atoms with Crippen LogP contribution < -0.4 is 0 Å². The van der Waals surface area contributed by atoms with Crippen molar-refractivity contribution in [3.8, 4) is 0 Å². The van der Waals surface area contributed by atoms with Gasteiger partial charge in [0.1, 0.15) is 19.8 Å². The zero-order valence-electron chi connectivity index (χ0n) is 36.7. The van der Waals surface area contributed by atoms with Crippen molar-refractivity contribution in [3.63, 3.8) is 0 Å². The molecule has 1 unspecified atom stereocenters. The molecule has 0 saturated heterocycles. The van der Waals surface area contributed by atoms with E-state index in [4.69, 9.17) is 18.5 Å². The summed E-state index contributed by atoms with van der Waals surface area (Å²) in [6.45, 7) is 4.40. The molecule has 0 aliphatic carbocycles. The van der Waals surface area contributed by atoms with Crippen LogP contribution in [0.3, 0.4) is 0 Å². The second kappa shape index (κ2) is 38.3. The van der Waals surface area contributed by atoms with Crippen LogP contribution in [0.25, 0.3) is 0 Å². The van der Waals surface area contributed by atoms with Gasteiger partial charge in [-0.1, -0.05) is 180 Å². The maximum atomic E-state index is 12.6. The lowest BCUT2D eigenvalue weighted by Gasteiger charge is -2.24. The third-order valence-corrected chi connectivity index (χ3v) is 11.0. The summed E-state index contributed by atoms with van der Waals surface area (Å²) in [5.41, 5.74) is 0. The standard InChI is InChI=1S/C45H88NO8P/c1-6-8-10-12-14-16-18-19-20-21-22-23-24-25-26-28-29-31-33-35-37-44(47)51-41-43(42-53-55(49,50)52-40-39-46(3,4)5)54-45(48)38-36-34-32-30-27-17-15-13-11-9-7-2/h13,15,43H,6-12,14,16-42H2,1-5H3/p+1/b15-13+/t43-/m1/s1. The zero-order chi connectivity index (χ0) is 40.7. The van der Waals surface area contributed by atoms with Crippen LogP contribution in [0.2, 0.25) is 0 Å². The Balaban J connectivity index is 4.21. The lowest BCUT2D eigenvalue weighted by Crippen LogP contribution is -2.37. The number of ether oxygens (including phenoxy) is 2. The van der Waals surface area contributed by atoms with Gasteiger partial charge >= 0.3 is 19.8 Å². The predicted molar refractivity (Wildman–Crippen MR) is 229 cm³/mol. The summed E-state index contributed by atoms with van der Waals surface area (Å²) < 4.78 is 34.3. The second-order valence-electron chi connectivity index (χ2n) is 16.8. The fourth-order valence-corrected chi connectivity index (χ4v) is 7.15. The summed E-state index contributed by atoms with van der Waals surface area (Å²) in [5.74, 6) is -0.800. The van der Waals surface area contributed by atoms with Gasteiger partial charge in [0.05, 0.1) is 27.7 Å². The summed E-state index contributed by atoms with van der Waals surface area (Å²) >= 11 is 0. The van der Waals surface area contributed by atoms with E-state index in [1.807, 2.05) is 21.1 Å². The first-order valence-electron chi connectivity index (χ1n) is 22.9. The lowest BCUT2D eigenvalue weighted by atomic mass is 10.0. The van der Waals surface area contributed by atoms with Crippen molar-refractivity contribution < 1.29 is 42.1 Å². The minimum Gasteiger partial charge on any atom is -0.462 e. The number of carbonyl (C=O) groups is 2. The second-order valence-corrected chi connectivity index (χ2v) is 18.2. The number of phosphoric acid groups is 1. The number of carbonyl (C=O) groups excluding carboxylic acids is 2. The lowest BCUT2D eigenvalue weighted by molar-refractivity contribution is -0.870. The van der Waals surface area contributed by atoms with Crippen LogP contribution in [0, 0.1) is 0 Å². The molecule has 55 heavy (non-hydrogen) atoms. The fourth-order valence-electron chi connectivity index (χ4n) is 6.41. The van der Waals surface area contributed by atoms with Crippen molar-refractivity contribution in [3.05, 3.63) is 12.2 Å². The highest BCUT2D eigenvalue weighted by Gasteiger charge is 2.27. The molecule has 2 atom stereocenters. The number of rotatable bonds is 42. The first-order valence-corrected chi connectivity index (χ1v) is 24.4. The van der Waals surface area contributed by atoms with E-state index >= 15 is 0 Å². The first-order chi connectivity index (χ1) is 26.5. The van der Waals surface area contributed by atoms with E-state index in [1.54, 1.807) is 0 Å². The quantitative estimate of drug-likeness (QED) is 0.0214. The number of phosphoric ester groups is 1. The first kappa shape index (κ1) is 53.8. The summed E-state index contributed by atoms with van der Waals surface area (Å²) in [4.78, 5) is 35.3. The summed E-state index contributed by atoms with van der Waals surface area (Å²) in [5, 5.41) is 0. The van der Waals surface area contributed by atoms with Gasteiger partial charge in [0.15, 0.2) is 6.10 Å². The van der Waals surface area contributed by atoms with Crippen LogP contribution in [-0.2, 0) is 32.7 Å². The summed E-state index contributed by atoms with van der Waals surface area (Å²) in [6, 6.07) is 0. The molecule has 326 valence electrons. The van der Waals surface area contributed by atoms with E-state index in [0.717, 1.165) is 57.8 Å². The van der Waals surface area contributed by atoms with Crippen molar-refractivity contribution in [1.82, 2.24) is 0 Å². The average molecular weight is 803 g/mol. The van der Waals surface area contributed by atoms with Gasteiger partial charge < -0.3 is 18.9 Å². The van der Waals surface area contributed by atoms with Gasteiger partial charge in [-0.15, -0.1) is 0 Å². The molecule has 10 heteroatoms. The van der Waals surface area contributed by atoms with Gasteiger partial charge in [0, 0.05) is 12.8 Å². The highest BCUT2D eigenvalue weighted by Crippen LogP contribution is 2.43. The van der Waals surface area contributed by atoms with Crippen LogP contribution >= 0.6 is 7.82 Å². The van der Waals surface area contributed by atoms with Crippen molar-refractivity contribution >= 4 is 19.8 Å². The molecule has 0 aliphatic rings. The number of hydrogen-bond donors (Lipinski definition) is 1. The summed E-state index contributed by atoms with van der Waals surface area (Å²) in [7, 11) is 1.48. The van der Waals surface area contributed by atoms with Crippen LogP contribution in [-0.4, -0.2) is 74.9 Å². The van der Waals surface area contributed by atoms with E-state index in [-0.39, 0.29) is 25.6 Å². The van der Waals surface area contributed by atoms with Gasteiger partial charge in [-0.3, -0.25) is 18.6 Å². The molecule has 0 fully saturated rings. The summed E-state index contributed by atoms with van der Waals surface area (Å²) in [6.07, 6.45) is 39.8. The molecule has 0 aliphatic heterocycles. The maximum Gasteiger partial charge on any atom is 0.472 e. The smallest absolute Gasteiger partial charge is 0.462 e. The SMILES string of the molecule is CCCC/C=C/CCCCCCCC(=O)O[C@H](COC(=O)CCCCCCCCCCCCCCCCCCCCCC)COP(=O)(O)OCC[N+](C)(C)C. The van der Waals surface area contributed by atoms with Gasteiger partial charge in [-0.25, -0.2) is 4.57 Å². The van der Waals surface area contributed by atoms with Crippen LogP contribution in [0.5, 0.6) is 0 Å². The van der Waals surface area contributed by atoms with Crippen LogP contribution in [0.1, 0.15) is 213 Å². The maximum absolute atomic E-state index is 12.6. The number of unbranched alkanes of at least 4 members (excludes halogenated alkanes) is 26. The number of esters is 2. The van der Waals surface area contributed by atoms with Gasteiger partial charge in [0.25, 0.3) is 0 Å². The molecule has 9 nitrogen and oxygen atoms in total. The van der Waals surface area contributed by atoms with E-state index in [1.165, 1.54) is 122 Å². The van der Waals surface area contributed by atoms with E-state index in [0.29, 0.717) is 23.9 Å². The Kier molecular flexibility index (Phi) is 37.4. The van der Waals surface area contributed by atoms with Crippen molar-refractivity contribution in [2.75, 3.05) is 47.5 Å². The highest BCUT2D eigenvalue weighted by molar-refractivity contribution is 7.47. The zero-order valence-corrected chi connectivity index (χ0v) is 37.6. The van der Waals surface area contributed by atoms with Crippen molar-refractivity contribution in [1.29, 1.82) is 0 Å². The minimum atomic E-state index is -4.37. The molecule has 0 amide bonds. The van der Waals surface area contributed by atoms with Gasteiger partial charge in [-0.05, 0) is 32.1 Å². The molecule has 0 aromatic carbocycles. The molecule has 0 aromatic heterocycles. The number of hydrogen-bond acceptors (Lipinski definition) is 7. The Morgan fingerprint density at radius 2 is 0.945 bits per heavy atom. The number of quaternary nitrogens is 1. The largest absolute Gasteiger partial charge is 0.472 e. The molecule has 0 heterocycles. The van der Waals surface area contributed by atoms with Crippen LogP contribution in [0.15, 0.2) is 12.2 Å². The average Bonchev–Trinajstić information content (AvgIpc) is 3.13. The highest BCUT2D eigenvalue weighted by atomic mass is 31.2. The Hall–Kier alpha value is -1.25. The molecule has 0 radical (unpaired) electrons. The monoisotopic (exact) mass is 803 g/mol. The Bertz CT molecular complexity index is 954. The number of nitrogens with zero attached hydrogens (tertiary/aromatic N) is 1. The molecule has 0 spiro atoms. The minimum absolute atomic E-state index is 0.0331. The Morgan fingerprint density at radius 1 is 0.545 bits per heavy atom. The van der Waals surface area contributed by atoms with Crippen molar-refractivity contribution in [2.45, 2.75) is 219 Å². The normalized spacial score (nSPS) is 13.6. The molecular formula is C45H89NO8P+. The number of allylic oxidation sites excluding steroid dienone is 2. The Labute approximate surface area is 339 Å². The third-order valence-electron chi connectivity index (χ3n) is 10.0. The van der Waals surface area contributed by atoms with E-state index < -0.39 is 26.5 Å².